The summed E-state index contributed by atoms with van der Waals surface area (Å²) in [5, 5.41) is 27.4. The topological polar surface area (TPSA) is 60.7 Å². The molecule has 0 aromatic heterocycles. The first kappa shape index (κ1) is 13.0. The molecule has 0 heterocycles. The predicted molar refractivity (Wildman–Crippen MR) is 56.7 cm³/mol. The van der Waals surface area contributed by atoms with Gasteiger partial charge in [-0.15, -0.1) is 0 Å². The fraction of sp³-hybridized carbons (Fsp3) is 0. The molecule has 0 fully saturated rings. The SMILES string of the molecule is Oc1ccc(O)c(-c2c(F)c(F)c(O)c(F)c2F)c1. The van der Waals surface area contributed by atoms with E-state index in [0.717, 1.165) is 18.2 Å². The molecule has 3 N–H and O–H groups in total. The lowest BCUT2D eigenvalue weighted by Crippen LogP contribution is -2.00. The first-order chi connectivity index (χ1) is 8.84. The molecule has 0 unspecified atom stereocenters. The van der Waals surface area contributed by atoms with Gasteiger partial charge in [0.1, 0.15) is 11.5 Å². The van der Waals surface area contributed by atoms with Gasteiger partial charge in [-0.05, 0) is 18.2 Å². The molecular weight excluding hydrogens is 268 g/mol. The third-order valence-electron chi connectivity index (χ3n) is 2.49. The Labute approximate surface area is 104 Å². The summed E-state index contributed by atoms with van der Waals surface area (Å²) in [6, 6.07) is 2.64. The lowest BCUT2D eigenvalue weighted by atomic mass is 10.0. The maximum absolute atomic E-state index is 13.6. The second-order valence-electron chi connectivity index (χ2n) is 3.68. The normalized spacial score (nSPS) is 10.7. The van der Waals surface area contributed by atoms with E-state index in [-0.39, 0.29) is 0 Å². The zero-order chi connectivity index (χ0) is 14.3. The molecule has 7 heteroatoms. The van der Waals surface area contributed by atoms with Crippen molar-refractivity contribution < 1.29 is 32.9 Å². The van der Waals surface area contributed by atoms with E-state index in [4.69, 9.17) is 5.11 Å². The van der Waals surface area contributed by atoms with E-state index < -0.39 is 51.6 Å². The average Bonchev–Trinajstić information content (AvgIpc) is 2.38. The number of phenols is 3. The third-order valence-corrected chi connectivity index (χ3v) is 2.49. The minimum atomic E-state index is -1.99. The Balaban J connectivity index is 2.87. The number of rotatable bonds is 1. The van der Waals surface area contributed by atoms with Crippen molar-refractivity contribution in [2.45, 2.75) is 0 Å². The Morgan fingerprint density at radius 3 is 1.79 bits per heavy atom. The van der Waals surface area contributed by atoms with Crippen molar-refractivity contribution in [2.75, 3.05) is 0 Å². The fourth-order valence-electron chi connectivity index (χ4n) is 1.58. The first-order valence-electron chi connectivity index (χ1n) is 4.91. The second-order valence-corrected chi connectivity index (χ2v) is 3.68. The van der Waals surface area contributed by atoms with Crippen LogP contribution in [0.2, 0.25) is 0 Å². The minimum Gasteiger partial charge on any atom is -0.508 e. The maximum Gasteiger partial charge on any atom is 0.204 e. The van der Waals surface area contributed by atoms with Crippen LogP contribution in [0.4, 0.5) is 17.6 Å². The average molecular weight is 274 g/mol. The predicted octanol–water partition coefficient (Wildman–Crippen LogP) is 3.03. The molecule has 2 aromatic carbocycles. The van der Waals surface area contributed by atoms with E-state index >= 15 is 0 Å². The van der Waals surface area contributed by atoms with Gasteiger partial charge < -0.3 is 15.3 Å². The Hall–Kier alpha value is -2.44. The summed E-state index contributed by atoms with van der Waals surface area (Å²) in [4.78, 5) is 0. The van der Waals surface area contributed by atoms with Crippen molar-refractivity contribution in [1.29, 1.82) is 0 Å². The van der Waals surface area contributed by atoms with Gasteiger partial charge in [-0.1, -0.05) is 0 Å². The van der Waals surface area contributed by atoms with Gasteiger partial charge in [0.25, 0.3) is 0 Å². The van der Waals surface area contributed by atoms with Gasteiger partial charge in [0.05, 0.1) is 5.56 Å². The van der Waals surface area contributed by atoms with Crippen LogP contribution in [0, 0.1) is 23.3 Å². The highest BCUT2D eigenvalue weighted by Crippen LogP contribution is 2.39. The molecular formula is C12H6F4O3. The molecule has 0 saturated heterocycles. The first-order valence-corrected chi connectivity index (χ1v) is 4.91. The van der Waals surface area contributed by atoms with Gasteiger partial charge in [0.2, 0.25) is 11.6 Å². The smallest absolute Gasteiger partial charge is 0.204 e. The van der Waals surface area contributed by atoms with E-state index in [9.17, 15) is 27.8 Å². The van der Waals surface area contributed by atoms with Crippen LogP contribution in [0.25, 0.3) is 11.1 Å². The van der Waals surface area contributed by atoms with Crippen molar-refractivity contribution >= 4 is 0 Å². The summed E-state index contributed by atoms with van der Waals surface area (Å²) < 4.78 is 53.5. The quantitative estimate of drug-likeness (QED) is 0.425. The Morgan fingerprint density at radius 1 is 0.737 bits per heavy atom. The number of halogens is 4. The second kappa shape index (κ2) is 4.34. The van der Waals surface area contributed by atoms with Gasteiger partial charge >= 0.3 is 0 Å². The number of benzene rings is 2. The summed E-state index contributed by atoms with van der Waals surface area (Å²) in [6.45, 7) is 0. The fourth-order valence-corrected chi connectivity index (χ4v) is 1.58. The molecule has 0 spiro atoms. The van der Waals surface area contributed by atoms with Crippen molar-refractivity contribution in [3.8, 4) is 28.4 Å². The molecule has 0 aliphatic heterocycles. The highest BCUT2D eigenvalue weighted by molar-refractivity contribution is 5.73. The van der Waals surface area contributed by atoms with Crippen LogP contribution in [-0.4, -0.2) is 15.3 Å². The van der Waals surface area contributed by atoms with Crippen LogP contribution in [-0.2, 0) is 0 Å². The van der Waals surface area contributed by atoms with Crippen molar-refractivity contribution in [3.63, 3.8) is 0 Å². The number of hydrogen-bond acceptors (Lipinski definition) is 3. The maximum atomic E-state index is 13.6. The standard InChI is InChI=1S/C12H6F4O3/c13-8-7(5-3-4(17)1-2-6(5)18)9(14)11(16)12(19)10(8)15/h1-3,17-19H. The zero-order valence-corrected chi connectivity index (χ0v) is 9.09. The molecule has 0 saturated carbocycles. The van der Waals surface area contributed by atoms with Crippen LogP contribution in [0.15, 0.2) is 18.2 Å². The Bertz CT molecular complexity index is 642. The number of aromatic hydroxyl groups is 3. The molecule has 0 aliphatic carbocycles. The summed E-state index contributed by atoms with van der Waals surface area (Å²) >= 11 is 0. The summed E-state index contributed by atoms with van der Waals surface area (Å²) in [5.74, 6) is -10.7. The van der Waals surface area contributed by atoms with E-state index in [2.05, 4.69) is 0 Å². The monoisotopic (exact) mass is 274 g/mol. The highest BCUT2D eigenvalue weighted by atomic mass is 19.2. The molecule has 0 bridgehead atoms. The molecule has 19 heavy (non-hydrogen) atoms. The van der Waals surface area contributed by atoms with Crippen LogP contribution in [0.3, 0.4) is 0 Å². The van der Waals surface area contributed by atoms with Crippen LogP contribution < -0.4 is 0 Å². The lowest BCUT2D eigenvalue weighted by Gasteiger charge is -2.10. The third kappa shape index (κ3) is 1.92. The van der Waals surface area contributed by atoms with E-state index in [1.54, 1.807) is 0 Å². The van der Waals surface area contributed by atoms with Crippen LogP contribution in [0.5, 0.6) is 17.2 Å². The van der Waals surface area contributed by atoms with Gasteiger partial charge in [-0.25, -0.2) is 8.78 Å². The van der Waals surface area contributed by atoms with Gasteiger partial charge in [0, 0.05) is 5.56 Å². The molecule has 0 atom stereocenters. The van der Waals surface area contributed by atoms with Gasteiger partial charge in [-0.2, -0.15) is 8.78 Å². The zero-order valence-electron chi connectivity index (χ0n) is 9.09. The molecule has 2 rings (SSSR count). The molecule has 0 amide bonds. The van der Waals surface area contributed by atoms with E-state index in [1.165, 1.54) is 0 Å². The van der Waals surface area contributed by atoms with E-state index in [0.29, 0.717) is 0 Å². The van der Waals surface area contributed by atoms with Crippen molar-refractivity contribution in [1.82, 2.24) is 0 Å². The van der Waals surface area contributed by atoms with Crippen LogP contribution >= 0.6 is 0 Å². The molecule has 0 radical (unpaired) electrons. The van der Waals surface area contributed by atoms with E-state index in [1.807, 2.05) is 0 Å². The number of hydrogen-bond donors (Lipinski definition) is 3. The van der Waals surface area contributed by atoms with Crippen LogP contribution in [0.1, 0.15) is 0 Å². The van der Waals surface area contributed by atoms with Crippen molar-refractivity contribution in [3.05, 3.63) is 41.5 Å². The van der Waals surface area contributed by atoms with Gasteiger partial charge in [0.15, 0.2) is 17.4 Å². The largest absolute Gasteiger partial charge is 0.508 e. The lowest BCUT2D eigenvalue weighted by molar-refractivity contribution is 0.358. The van der Waals surface area contributed by atoms with Crippen molar-refractivity contribution in [2.24, 2.45) is 0 Å². The van der Waals surface area contributed by atoms with Gasteiger partial charge in [-0.3, -0.25) is 0 Å². The summed E-state index contributed by atoms with van der Waals surface area (Å²) in [5.41, 5.74) is -1.87. The molecule has 3 nitrogen and oxygen atoms in total. The molecule has 0 aliphatic rings. The summed E-state index contributed by atoms with van der Waals surface area (Å²) in [6.07, 6.45) is 0. The number of phenolic OH excluding ortho intramolecular Hbond substituents is 3. The highest BCUT2D eigenvalue weighted by Gasteiger charge is 2.27. The summed E-state index contributed by atoms with van der Waals surface area (Å²) in [7, 11) is 0. The molecule has 100 valence electrons. The minimum absolute atomic E-state index is 0.472. The Morgan fingerprint density at radius 2 is 1.26 bits per heavy atom. The molecule has 2 aromatic rings. The Kier molecular flexibility index (Phi) is 2.97.